The molecule has 136 valence electrons. The van der Waals surface area contributed by atoms with E-state index >= 15 is 0 Å². The average Bonchev–Trinajstić information content (AvgIpc) is 3.44. The summed E-state index contributed by atoms with van der Waals surface area (Å²) in [7, 11) is 1.82. The number of amides is 1. The summed E-state index contributed by atoms with van der Waals surface area (Å²) in [5, 5.41) is 9.42. The van der Waals surface area contributed by atoms with Gasteiger partial charge in [-0.1, -0.05) is 12.1 Å². The zero-order valence-corrected chi connectivity index (χ0v) is 16.4. The van der Waals surface area contributed by atoms with Crippen molar-refractivity contribution in [3.05, 3.63) is 52.9 Å². The summed E-state index contributed by atoms with van der Waals surface area (Å²) in [4.78, 5) is 21.0. The molecule has 3 aromatic heterocycles. The maximum atomic E-state index is 12.8. The molecule has 0 unspecified atom stereocenters. The number of thiophene rings is 1. The summed E-state index contributed by atoms with van der Waals surface area (Å²) in [6, 6.07) is 12.0. The fourth-order valence-electron chi connectivity index (χ4n) is 3.35. The van der Waals surface area contributed by atoms with Gasteiger partial charge in [-0.05, 0) is 30.7 Å². The van der Waals surface area contributed by atoms with Crippen molar-refractivity contribution >= 4 is 38.8 Å². The highest BCUT2D eigenvalue weighted by Gasteiger charge is 2.21. The van der Waals surface area contributed by atoms with E-state index in [1.165, 1.54) is 11.3 Å². The predicted octanol–water partition coefficient (Wildman–Crippen LogP) is 3.83. The van der Waals surface area contributed by atoms with Crippen LogP contribution in [-0.2, 0) is 19.5 Å². The maximum Gasteiger partial charge on any atom is 0.264 e. The van der Waals surface area contributed by atoms with E-state index in [0.29, 0.717) is 11.4 Å². The van der Waals surface area contributed by atoms with Crippen LogP contribution in [0.3, 0.4) is 0 Å². The van der Waals surface area contributed by atoms with Gasteiger partial charge in [0.2, 0.25) is 0 Å². The van der Waals surface area contributed by atoms with Gasteiger partial charge in [0.25, 0.3) is 5.91 Å². The Kier molecular flexibility index (Phi) is 4.02. The van der Waals surface area contributed by atoms with Crippen molar-refractivity contribution in [2.75, 3.05) is 7.05 Å². The first-order valence-electron chi connectivity index (χ1n) is 8.81. The Morgan fingerprint density at radius 1 is 1.19 bits per heavy atom. The molecule has 8 heteroatoms. The summed E-state index contributed by atoms with van der Waals surface area (Å²) in [5.41, 5.74) is 0.997. The molecular formula is C19H17N5OS2. The molecule has 0 saturated carbocycles. The van der Waals surface area contributed by atoms with Crippen molar-refractivity contribution in [2.24, 2.45) is 0 Å². The first kappa shape index (κ1) is 16.6. The van der Waals surface area contributed by atoms with E-state index in [9.17, 15) is 4.79 Å². The van der Waals surface area contributed by atoms with Crippen molar-refractivity contribution < 1.29 is 4.79 Å². The lowest BCUT2D eigenvalue weighted by Gasteiger charge is -2.15. The number of rotatable bonds is 4. The Bertz CT molecular complexity index is 1110. The molecule has 1 aromatic carbocycles. The largest absolute Gasteiger partial charge is 0.333 e. The number of benzene rings is 1. The zero-order chi connectivity index (χ0) is 18.4. The van der Waals surface area contributed by atoms with Crippen LogP contribution in [0.4, 0.5) is 0 Å². The van der Waals surface area contributed by atoms with E-state index in [0.717, 1.165) is 51.1 Å². The topological polar surface area (TPSA) is 63.9 Å². The van der Waals surface area contributed by atoms with Crippen LogP contribution < -0.4 is 0 Å². The second-order valence-corrected chi connectivity index (χ2v) is 8.71. The molecule has 0 atom stereocenters. The average molecular weight is 396 g/mol. The van der Waals surface area contributed by atoms with E-state index in [1.54, 1.807) is 16.2 Å². The number of thiazole rings is 1. The van der Waals surface area contributed by atoms with Gasteiger partial charge >= 0.3 is 0 Å². The normalized spacial score (nSPS) is 13.2. The Morgan fingerprint density at radius 2 is 2.07 bits per heavy atom. The number of nitrogens with zero attached hydrogens (tertiary/aromatic N) is 5. The van der Waals surface area contributed by atoms with E-state index in [2.05, 4.69) is 25.8 Å². The highest BCUT2D eigenvalue weighted by molar-refractivity contribution is 7.26. The summed E-state index contributed by atoms with van der Waals surface area (Å²) >= 11 is 3.14. The molecule has 0 aliphatic carbocycles. The second-order valence-electron chi connectivity index (χ2n) is 6.60. The monoisotopic (exact) mass is 395 g/mol. The van der Waals surface area contributed by atoms with Gasteiger partial charge in [0.1, 0.15) is 10.8 Å². The van der Waals surface area contributed by atoms with Gasteiger partial charge in [-0.3, -0.25) is 4.79 Å². The van der Waals surface area contributed by atoms with Gasteiger partial charge in [-0.25, -0.2) is 4.98 Å². The molecule has 0 N–H and O–H groups in total. The predicted molar refractivity (Wildman–Crippen MR) is 107 cm³/mol. The maximum absolute atomic E-state index is 12.8. The van der Waals surface area contributed by atoms with Crippen molar-refractivity contribution in [1.82, 2.24) is 24.6 Å². The summed E-state index contributed by atoms with van der Waals surface area (Å²) in [6.45, 7) is 1.42. The highest BCUT2D eigenvalue weighted by atomic mass is 32.1. The fourth-order valence-corrected chi connectivity index (χ4v) is 5.37. The molecule has 0 bridgehead atoms. The number of fused-ring (bicyclic) bond motifs is 2. The third-order valence-corrected chi connectivity index (χ3v) is 7.01. The Hall–Kier alpha value is -2.58. The van der Waals surface area contributed by atoms with Crippen LogP contribution in [0.2, 0.25) is 0 Å². The Balaban J connectivity index is 1.36. The lowest BCUT2D eigenvalue weighted by molar-refractivity contribution is 0.0785. The molecule has 0 radical (unpaired) electrons. The number of aryl methyl sites for hydroxylation is 1. The third kappa shape index (κ3) is 2.94. The molecular weight excluding hydrogens is 378 g/mol. The van der Waals surface area contributed by atoms with Crippen LogP contribution in [0.5, 0.6) is 0 Å². The standard InChI is InChI=1S/C19H17N5OS2/c1-23(11-17-22-21-16-7-4-10-24(16)17)19(25)15-9-8-14(26-15)18-20-12-5-2-3-6-13(12)27-18/h2-3,5-6,8-9H,4,7,10-11H2,1H3. The molecule has 6 nitrogen and oxygen atoms in total. The lowest BCUT2D eigenvalue weighted by atomic mass is 10.3. The van der Waals surface area contributed by atoms with Gasteiger partial charge in [0, 0.05) is 20.0 Å². The van der Waals surface area contributed by atoms with Crippen LogP contribution in [0.15, 0.2) is 36.4 Å². The first-order chi connectivity index (χ1) is 13.2. The number of para-hydroxylation sites is 1. The minimum absolute atomic E-state index is 0.00251. The van der Waals surface area contributed by atoms with E-state index in [4.69, 9.17) is 0 Å². The van der Waals surface area contributed by atoms with E-state index < -0.39 is 0 Å². The van der Waals surface area contributed by atoms with Gasteiger partial charge in [0.05, 0.1) is 26.5 Å². The minimum Gasteiger partial charge on any atom is -0.333 e. The van der Waals surface area contributed by atoms with Crippen LogP contribution in [0.1, 0.15) is 27.7 Å². The molecule has 0 saturated heterocycles. The lowest BCUT2D eigenvalue weighted by Crippen LogP contribution is -2.27. The third-order valence-electron chi connectivity index (χ3n) is 4.73. The van der Waals surface area contributed by atoms with Crippen LogP contribution >= 0.6 is 22.7 Å². The molecule has 5 rings (SSSR count). The summed E-state index contributed by atoms with van der Waals surface area (Å²) in [5.74, 6) is 1.89. The molecule has 4 aromatic rings. The number of carbonyl (C=O) groups excluding carboxylic acids is 1. The number of aromatic nitrogens is 4. The van der Waals surface area contributed by atoms with Crippen LogP contribution in [0.25, 0.3) is 20.1 Å². The summed E-state index contributed by atoms with van der Waals surface area (Å²) < 4.78 is 3.29. The van der Waals surface area contributed by atoms with Gasteiger partial charge in [-0.2, -0.15) is 0 Å². The Morgan fingerprint density at radius 3 is 2.96 bits per heavy atom. The SMILES string of the molecule is CN(Cc1nnc2n1CCC2)C(=O)c1ccc(-c2nc3ccccc3s2)s1. The van der Waals surface area contributed by atoms with E-state index in [-0.39, 0.29) is 5.91 Å². The fraction of sp³-hybridized carbons (Fsp3) is 0.263. The van der Waals surface area contributed by atoms with Gasteiger partial charge < -0.3 is 9.47 Å². The second kappa shape index (κ2) is 6.54. The van der Waals surface area contributed by atoms with Crippen molar-refractivity contribution in [2.45, 2.75) is 25.9 Å². The highest BCUT2D eigenvalue weighted by Crippen LogP contribution is 2.34. The number of carbonyl (C=O) groups is 1. The molecule has 4 heterocycles. The first-order valence-corrected chi connectivity index (χ1v) is 10.4. The van der Waals surface area contributed by atoms with Gasteiger partial charge in [-0.15, -0.1) is 32.9 Å². The van der Waals surface area contributed by atoms with E-state index in [1.807, 2.05) is 37.4 Å². The number of hydrogen-bond donors (Lipinski definition) is 0. The summed E-state index contributed by atoms with van der Waals surface area (Å²) in [6.07, 6.45) is 2.08. The zero-order valence-electron chi connectivity index (χ0n) is 14.8. The van der Waals surface area contributed by atoms with Crippen LogP contribution in [-0.4, -0.2) is 37.6 Å². The van der Waals surface area contributed by atoms with Crippen LogP contribution in [0, 0.1) is 0 Å². The van der Waals surface area contributed by atoms with Crippen molar-refractivity contribution in [1.29, 1.82) is 0 Å². The van der Waals surface area contributed by atoms with Gasteiger partial charge in [0.15, 0.2) is 5.82 Å². The quantitative estimate of drug-likeness (QED) is 0.527. The molecule has 1 aliphatic heterocycles. The Labute approximate surface area is 164 Å². The van der Waals surface area contributed by atoms with Crippen molar-refractivity contribution in [3.8, 4) is 9.88 Å². The molecule has 0 fully saturated rings. The molecule has 0 spiro atoms. The number of hydrogen-bond acceptors (Lipinski definition) is 6. The van der Waals surface area contributed by atoms with Crippen molar-refractivity contribution in [3.63, 3.8) is 0 Å². The molecule has 1 aliphatic rings. The minimum atomic E-state index is 0.00251. The molecule has 27 heavy (non-hydrogen) atoms. The molecule has 1 amide bonds. The smallest absolute Gasteiger partial charge is 0.264 e.